The van der Waals surface area contributed by atoms with Crippen LogP contribution in [0.1, 0.15) is 16.7 Å². The summed E-state index contributed by atoms with van der Waals surface area (Å²) < 4.78 is 0. The standard InChI is InChI=1S/C14H13Br/c1-10-9-12-5-3-4-6-14(12)11(2)13(10)7-8-15/h3-9H,1-2H3. The van der Waals surface area contributed by atoms with Gasteiger partial charge in [0.15, 0.2) is 0 Å². The van der Waals surface area contributed by atoms with Gasteiger partial charge in [0.25, 0.3) is 0 Å². The molecule has 76 valence electrons. The topological polar surface area (TPSA) is 0 Å². The lowest BCUT2D eigenvalue weighted by molar-refractivity contribution is 1.40. The number of benzene rings is 2. The summed E-state index contributed by atoms with van der Waals surface area (Å²) in [6.45, 7) is 4.33. The third kappa shape index (κ3) is 1.84. The number of hydrogen-bond donors (Lipinski definition) is 0. The van der Waals surface area contributed by atoms with Crippen molar-refractivity contribution >= 4 is 32.8 Å². The van der Waals surface area contributed by atoms with E-state index < -0.39 is 0 Å². The van der Waals surface area contributed by atoms with Gasteiger partial charge in [0.05, 0.1) is 0 Å². The minimum absolute atomic E-state index is 1.31. The molecule has 2 rings (SSSR count). The molecule has 0 aliphatic heterocycles. The van der Waals surface area contributed by atoms with E-state index >= 15 is 0 Å². The van der Waals surface area contributed by atoms with E-state index in [9.17, 15) is 0 Å². The Bertz CT molecular complexity index is 524. The molecule has 15 heavy (non-hydrogen) atoms. The monoisotopic (exact) mass is 260 g/mol. The predicted molar refractivity (Wildman–Crippen MR) is 71.4 cm³/mol. The molecule has 1 heteroatoms. The van der Waals surface area contributed by atoms with Crippen LogP contribution in [0.25, 0.3) is 16.8 Å². The van der Waals surface area contributed by atoms with Crippen LogP contribution in [-0.4, -0.2) is 0 Å². The lowest BCUT2D eigenvalue weighted by Gasteiger charge is -2.09. The Kier molecular flexibility index (Phi) is 2.92. The second kappa shape index (κ2) is 4.19. The molecule has 0 spiro atoms. The highest BCUT2D eigenvalue weighted by molar-refractivity contribution is 9.11. The van der Waals surface area contributed by atoms with Crippen molar-refractivity contribution in [2.24, 2.45) is 0 Å². The molecule has 2 aromatic rings. The van der Waals surface area contributed by atoms with Gasteiger partial charge in [-0.05, 0) is 52.4 Å². The number of aryl methyl sites for hydroxylation is 2. The number of rotatable bonds is 1. The predicted octanol–water partition coefficient (Wildman–Crippen LogP) is 4.82. The van der Waals surface area contributed by atoms with E-state index in [1.807, 2.05) is 4.99 Å². The summed E-state index contributed by atoms with van der Waals surface area (Å²) in [5.74, 6) is 0. The van der Waals surface area contributed by atoms with E-state index in [2.05, 4.69) is 66.2 Å². The summed E-state index contributed by atoms with van der Waals surface area (Å²) in [4.78, 5) is 1.91. The van der Waals surface area contributed by atoms with E-state index in [0.717, 1.165) is 0 Å². The number of halogens is 1. The van der Waals surface area contributed by atoms with Gasteiger partial charge in [-0.2, -0.15) is 0 Å². The first-order valence-electron chi connectivity index (χ1n) is 4.99. The molecule has 2 aromatic carbocycles. The third-order valence-electron chi connectivity index (χ3n) is 2.80. The first-order chi connectivity index (χ1) is 7.24. The van der Waals surface area contributed by atoms with Gasteiger partial charge in [-0.3, -0.25) is 0 Å². The SMILES string of the molecule is Cc1cc2ccccc2c(C)c1C=CBr. The molecule has 0 saturated carbocycles. The quantitative estimate of drug-likeness (QED) is 0.690. The second-order valence-corrected chi connectivity index (χ2v) is 4.27. The van der Waals surface area contributed by atoms with Gasteiger partial charge < -0.3 is 0 Å². The maximum atomic E-state index is 3.34. The van der Waals surface area contributed by atoms with Crippen LogP contribution in [-0.2, 0) is 0 Å². The van der Waals surface area contributed by atoms with Crippen molar-refractivity contribution in [3.8, 4) is 0 Å². The first kappa shape index (κ1) is 10.4. The Balaban J connectivity index is 2.83. The Morgan fingerprint density at radius 3 is 2.60 bits per heavy atom. The Labute approximate surface area is 98.8 Å². The number of hydrogen-bond acceptors (Lipinski definition) is 0. The minimum atomic E-state index is 1.31. The lowest BCUT2D eigenvalue weighted by atomic mass is 9.96. The minimum Gasteiger partial charge on any atom is -0.0616 e. The molecular weight excluding hydrogens is 248 g/mol. The molecule has 0 aliphatic carbocycles. The Morgan fingerprint density at radius 2 is 1.87 bits per heavy atom. The molecule has 0 amide bonds. The maximum Gasteiger partial charge on any atom is -0.0149 e. The zero-order chi connectivity index (χ0) is 10.8. The highest BCUT2D eigenvalue weighted by Crippen LogP contribution is 2.26. The molecule has 0 heterocycles. The van der Waals surface area contributed by atoms with Crippen LogP contribution in [0.3, 0.4) is 0 Å². The van der Waals surface area contributed by atoms with E-state index in [0.29, 0.717) is 0 Å². The van der Waals surface area contributed by atoms with Crippen LogP contribution in [0.4, 0.5) is 0 Å². The smallest absolute Gasteiger partial charge is 0.0149 e. The summed E-state index contributed by atoms with van der Waals surface area (Å²) in [5, 5.41) is 2.66. The van der Waals surface area contributed by atoms with E-state index in [1.165, 1.54) is 27.5 Å². The molecule has 0 fully saturated rings. The molecule has 0 N–H and O–H groups in total. The van der Waals surface area contributed by atoms with Crippen molar-refractivity contribution in [3.63, 3.8) is 0 Å². The van der Waals surface area contributed by atoms with Gasteiger partial charge in [-0.25, -0.2) is 0 Å². The largest absolute Gasteiger partial charge is 0.0616 e. The summed E-state index contributed by atoms with van der Waals surface area (Å²) >= 11 is 3.34. The van der Waals surface area contributed by atoms with E-state index in [-0.39, 0.29) is 0 Å². The van der Waals surface area contributed by atoms with Crippen LogP contribution in [0.15, 0.2) is 35.3 Å². The molecule has 0 unspecified atom stereocenters. The summed E-state index contributed by atoms with van der Waals surface area (Å²) in [5.41, 5.74) is 3.98. The zero-order valence-corrected chi connectivity index (χ0v) is 10.5. The highest BCUT2D eigenvalue weighted by Gasteiger charge is 2.04. The molecular formula is C14H13Br. The normalized spacial score (nSPS) is 11.4. The van der Waals surface area contributed by atoms with E-state index in [1.54, 1.807) is 0 Å². The average Bonchev–Trinajstić information content (AvgIpc) is 2.24. The van der Waals surface area contributed by atoms with Crippen molar-refractivity contribution in [2.75, 3.05) is 0 Å². The van der Waals surface area contributed by atoms with Gasteiger partial charge in [0, 0.05) is 0 Å². The van der Waals surface area contributed by atoms with Crippen molar-refractivity contribution < 1.29 is 0 Å². The molecule has 0 bridgehead atoms. The average molecular weight is 261 g/mol. The fraction of sp³-hybridized carbons (Fsp3) is 0.143. The maximum absolute atomic E-state index is 3.34. The molecule has 0 atom stereocenters. The zero-order valence-electron chi connectivity index (χ0n) is 8.92. The van der Waals surface area contributed by atoms with Crippen molar-refractivity contribution in [1.82, 2.24) is 0 Å². The third-order valence-corrected chi connectivity index (χ3v) is 3.06. The van der Waals surface area contributed by atoms with Gasteiger partial charge in [-0.1, -0.05) is 46.3 Å². The van der Waals surface area contributed by atoms with Crippen LogP contribution >= 0.6 is 15.9 Å². The van der Waals surface area contributed by atoms with Crippen LogP contribution < -0.4 is 0 Å². The molecule has 0 aliphatic rings. The molecule has 0 saturated heterocycles. The van der Waals surface area contributed by atoms with Crippen LogP contribution in [0.5, 0.6) is 0 Å². The van der Waals surface area contributed by atoms with Crippen LogP contribution in [0.2, 0.25) is 0 Å². The Morgan fingerprint density at radius 1 is 1.13 bits per heavy atom. The van der Waals surface area contributed by atoms with Gasteiger partial charge in [-0.15, -0.1) is 0 Å². The van der Waals surface area contributed by atoms with Crippen molar-refractivity contribution in [3.05, 3.63) is 52.0 Å². The first-order valence-corrected chi connectivity index (χ1v) is 5.91. The van der Waals surface area contributed by atoms with Gasteiger partial charge in [0.1, 0.15) is 0 Å². The molecule has 0 aromatic heterocycles. The van der Waals surface area contributed by atoms with Crippen molar-refractivity contribution in [1.29, 1.82) is 0 Å². The van der Waals surface area contributed by atoms with Gasteiger partial charge in [0.2, 0.25) is 0 Å². The summed E-state index contributed by atoms with van der Waals surface area (Å²) in [7, 11) is 0. The van der Waals surface area contributed by atoms with Gasteiger partial charge >= 0.3 is 0 Å². The summed E-state index contributed by atoms with van der Waals surface area (Å²) in [6.07, 6.45) is 2.11. The van der Waals surface area contributed by atoms with E-state index in [4.69, 9.17) is 0 Å². The van der Waals surface area contributed by atoms with Crippen molar-refractivity contribution in [2.45, 2.75) is 13.8 Å². The van der Waals surface area contributed by atoms with Crippen LogP contribution in [0, 0.1) is 13.8 Å². The Hall–Kier alpha value is -1.08. The summed E-state index contributed by atoms with van der Waals surface area (Å²) in [6, 6.07) is 10.8. The molecule has 0 nitrogen and oxygen atoms in total. The fourth-order valence-electron chi connectivity index (χ4n) is 2.04. The second-order valence-electron chi connectivity index (χ2n) is 3.75. The number of fused-ring (bicyclic) bond motifs is 1. The lowest BCUT2D eigenvalue weighted by Crippen LogP contribution is -1.88. The fourth-order valence-corrected chi connectivity index (χ4v) is 2.30. The highest BCUT2D eigenvalue weighted by atomic mass is 79.9. The molecule has 0 radical (unpaired) electrons.